The first kappa shape index (κ1) is 12.3. The van der Waals surface area contributed by atoms with Crippen LogP contribution in [0.1, 0.15) is 13.8 Å². The quantitative estimate of drug-likeness (QED) is 0.818. The van der Waals surface area contributed by atoms with Gasteiger partial charge >= 0.3 is 0 Å². The van der Waals surface area contributed by atoms with Gasteiger partial charge in [-0.15, -0.1) is 0 Å². The van der Waals surface area contributed by atoms with Crippen molar-refractivity contribution in [3.63, 3.8) is 0 Å². The maximum atomic E-state index is 5.81. The second-order valence-corrected chi connectivity index (χ2v) is 5.06. The van der Waals surface area contributed by atoms with E-state index in [0.29, 0.717) is 6.54 Å². The van der Waals surface area contributed by atoms with Crippen molar-refractivity contribution >= 4 is 5.82 Å². The highest BCUT2D eigenvalue weighted by molar-refractivity contribution is 5.37. The largest absolute Gasteiger partial charge is 0.354 e. The average molecular weight is 235 g/mol. The summed E-state index contributed by atoms with van der Waals surface area (Å²) in [7, 11) is 0. The van der Waals surface area contributed by atoms with Gasteiger partial charge in [0.05, 0.1) is 0 Å². The van der Waals surface area contributed by atoms with Gasteiger partial charge < -0.3 is 10.6 Å². The monoisotopic (exact) mass is 235 g/mol. The first-order valence-corrected chi connectivity index (χ1v) is 6.09. The van der Waals surface area contributed by atoms with Crippen LogP contribution in [0.4, 0.5) is 5.82 Å². The van der Waals surface area contributed by atoms with E-state index in [1.807, 2.05) is 6.07 Å². The molecular formula is C12H21N5. The Morgan fingerprint density at radius 2 is 2.00 bits per heavy atom. The molecule has 0 atom stereocenters. The molecule has 2 heterocycles. The Bertz CT molecular complexity index is 343. The summed E-state index contributed by atoms with van der Waals surface area (Å²) in [6.07, 6.45) is 3.39. The fourth-order valence-corrected chi connectivity index (χ4v) is 2.14. The Labute approximate surface area is 103 Å². The first-order chi connectivity index (χ1) is 8.13. The lowest BCUT2D eigenvalue weighted by Gasteiger charge is -2.43. The third-order valence-corrected chi connectivity index (χ3v) is 3.53. The molecule has 0 amide bonds. The maximum Gasteiger partial charge on any atom is 0.131 e. The first-order valence-electron chi connectivity index (χ1n) is 6.09. The summed E-state index contributed by atoms with van der Waals surface area (Å²) >= 11 is 0. The van der Waals surface area contributed by atoms with Crippen molar-refractivity contribution in [1.29, 1.82) is 0 Å². The molecule has 1 saturated heterocycles. The van der Waals surface area contributed by atoms with Crippen LogP contribution < -0.4 is 10.6 Å². The predicted octanol–water partition coefficient (Wildman–Crippen LogP) is 0.336. The summed E-state index contributed by atoms with van der Waals surface area (Å²) in [5.41, 5.74) is 5.90. The summed E-state index contributed by atoms with van der Waals surface area (Å²) in [5, 5.41) is 0. The van der Waals surface area contributed by atoms with Crippen LogP contribution in [0.15, 0.2) is 18.6 Å². The van der Waals surface area contributed by atoms with Crippen LogP contribution in [0.25, 0.3) is 0 Å². The fraction of sp³-hybridized carbons (Fsp3) is 0.667. The zero-order chi connectivity index (χ0) is 12.3. The maximum absolute atomic E-state index is 5.81. The highest BCUT2D eigenvalue weighted by Crippen LogP contribution is 2.18. The molecule has 1 aliphatic heterocycles. The SMILES string of the molecule is CC(C)(CN)N1CCN(c2ccncn2)CC1. The van der Waals surface area contributed by atoms with Crippen molar-refractivity contribution in [2.45, 2.75) is 19.4 Å². The number of piperazine rings is 1. The molecule has 1 fully saturated rings. The van der Waals surface area contributed by atoms with Crippen LogP contribution in [0.5, 0.6) is 0 Å². The Balaban J connectivity index is 1.95. The molecule has 5 heteroatoms. The molecule has 0 saturated carbocycles. The molecule has 0 aromatic carbocycles. The Hall–Kier alpha value is -1.20. The number of anilines is 1. The standard InChI is InChI=1S/C12H21N5/c1-12(2,9-13)17-7-5-16(6-8-17)11-3-4-14-10-15-11/h3-4,10H,5-9,13H2,1-2H3. The minimum absolute atomic E-state index is 0.0950. The molecule has 0 bridgehead atoms. The van der Waals surface area contributed by atoms with Crippen LogP contribution in [0.2, 0.25) is 0 Å². The van der Waals surface area contributed by atoms with Gasteiger partial charge in [0.2, 0.25) is 0 Å². The summed E-state index contributed by atoms with van der Waals surface area (Å²) in [4.78, 5) is 13.0. The van der Waals surface area contributed by atoms with E-state index in [9.17, 15) is 0 Å². The van der Waals surface area contributed by atoms with E-state index in [2.05, 4.69) is 33.6 Å². The number of rotatable bonds is 3. The van der Waals surface area contributed by atoms with Crippen molar-refractivity contribution in [2.75, 3.05) is 37.6 Å². The minimum Gasteiger partial charge on any atom is -0.354 e. The van der Waals surface area contributed by atoms with Gasteiger partial charge in [0.25, 0.3) is 0 Å². The molecule has 5 nitrogen and oxygen atoms in total. The summed E-state index contributed by atoms with van der Waals surface area (Å²) in [6, 6.07) is 1.96. The highest BCUT2D eigenvalue weighted by Gasteiger charge is 2.28. The van der Waals surface area contributed by atoms with Gasteiger partial charge in [0, 0.05) is 44.5 Å². The van der Waals surface area contributed by atoms with Crippen LogP contribution in [-0.2, 0) is 0 Å². The lowest BCUT2D eigenvalue weighted by atomic mass is 10.0. The number of nitrogens with zero attached hydrogens (tertiary/aromatic N) is 4. The van der Waals surface area contributed by atoms with Crippen LogP contribution in [-0.4, -0.2) is 53.1 Å². The number of nitrogens with two attached hydrogens (primary N) is 1. The van der Waals surface area contributed by atoms with Crippen molar-refractivity contribution in [3.8, 4) is 0 Å². The smallest absolute Gasteiger partial charge is 0.131 e. The minimum atomic E-state index is 0.0950. The molecule has 1 aromatic rings. The molecule has 2 rings (SSSR count). The van der Waals surface area contributed by atoms with Gasteiger partial charge in [-0.25, -0.2) is 9.97 Å². The van der Waals surface area contributed by atoms with E-state index in [1.54, 1.807) is 12.5 Å². The summed E-state index contributed by atoms with van der Waals surface area (Å²) < 4.78 is 0. The molecule has 0 radical (unpaired) electrons. The molecule has 1 aromatic heterocycles. The predicted molar refractivity (Wildman–Crippen MR) is 69.0 cm³/mol. The van der Waals surface area contributed by atoms with Crippen molar-refractivity contribution in [3.05, 3.63) is 18.6 Å². The van der Waals surface area contributed by atoms with Gasteiger partial charge in [-0.2, -0.15) is 0 Å². The van der Waals surface area contributed by atoms with Crippen molar-refractivity contribution in [2.24, 2.45) is 5.73 Å². The van der Waals surface area contributed by atoms with E-state index in [-0.39, 0.29) is 5.54 Å². The van der Waals surface area contributed by atoms with E-state index in [1.165, 1.54) is 0 Å². The average Bonchev–Trinajstić information content (AvgIpc) is 2.40. The van der Waals surface area contributed by atoms with Crippen LogP contribution in [0, 0.1) is 0 Å². The Morgan fingerprint density at radius 3 is 2.53 bits per heavy atom. The van der Waals surface area contributed by atoms with E-state index >= 15 is 0 Å². The van der Waals surface area contributed by atoms with E-state index < -0.39 is 0 Å². The zero-order valence-electron chi connectivity index (χ0n) is 10.6. The molecule has 2 N–H and O–H groups in total. The van der Waals surface area contributed by atoms with Gasteiger partial charge in [0.15, 0.2) is 0 Å². The van der Waals surface area contributed by atoms with Gasteiger partial charge in [-0.3, -0.25) is 4.90 Å². The second kappa shape index (κ2) is 4.98. The lowest BCUT2D eigenvalue weighted by Crippen LogP contribution is -2.57. The number of hydrogen-bond acceptors (Lipinski definition) is 5. The highest BCUT2D eigenvalue weighted by atomic mass is 15.3. The van der Waals surface area contributed by atoms with Crippen molar-refractivity contribution in [1.82, 2.24) is 14.9 Å². The Kier molecular flexibility index (Phi) is 3.59. The summed E-state index contributed by atoms with van der Waals surface area (Å²) in [5.74, 6) is 1.02. The fourth-order valence-electron chi connectivity index (χ4n) is 2.14. The number of hydrogen-bond donors (Lipinski definition) is 1. The normalized spacial score (nSPS) is 18.4. The van der Waals surface area contributed by atoms with E-state index in [0.717, 1.165) is 32.0 Å². The topological polar surface area (TPSA) is 58.3 Å². The lowest BCUT2D eigenvalue weighted by molar-refractivity contribution is 0.119. The molecule has 0 unspecified atom stereocenters. The van der Waals surface area contributed by atoms with Crippen LogP contribution >= 0.6 is 0 Å². The summed E-state index contributed by atoms with van der Waals surface area (Å²) in [6.45, 7) is 9.17. The van der Waals surface area contributed by atoms with Crippen LogP contribution in [0.3, 0.4) is 0 Å². The van der Waals surface area contributed by atoms with E-state index in [4.69, 9.17) is 5.73 Å². The molecule has 17 heavy (non-hydrogen) atoms. The zero-order valence-corrected chi connectivity index (χ0v) is 10.6. The van der Waals surface area contributed by atoms with Gasteiger partial charge in [-0.05, 0) is 19.9 Å². The van der Waals surface area contributed by atoms with Crippen molar-refractivity contribution < 1.29 is 0 Å². The van der Waals surface area contributed by atoms with Gasteiger partial charge in [-0.1, -0.05) is 0 Å². The second-order valence-electron chi connectivity index (χ2n) is 5.06. The molecule has 94 valence electrons. The molecule has 1 aliphatic rings. The number of aromatic nitrogens is 2. The third kappa shape index (κ3) is 2.73. The third-order valence-electron chi connectivity index (χ3n) is 3.53. The molecule has 0 spiro atoms. The van der Waals surface area contributed by atoms with Gasteiger partial charge in [0.1, 0.15) is 12.1 Å². The Morgan fingerprint density at radius 1 is 1.29 bits per heavy atom. The molecule has 0 aliphatic carbocycles. The molecular weight excluding hydrogens is 214 g/mol.